The van der Waals surface area contributed by atoms with Crippen LogP contribution in [0.25, 0.3) is 0 Å². The summed E-state index contributed by atoms with van der Waals surface area (Å²) in [5, 5.41) is 13.9. The van der Waals surface area contributed by atoms with Gasteiger partial charge in [0.25, 0.3) is 11.6 Å². The Bertz CT molecular complexity index is 1200. The number of non-ortho nitro benzene ring substituents is 1. The van der Waals surface area contributed by atoms with Crippen LogP contribution in [0.1, 0.15) is 27.5 Å². The Morgan fingerprint density at radius 2 is 1.87 bits per heavy atom. The van der Waals surface area contributed by atoms with Crippen molar-refractivity contribution in [1.82, 2.24) is 4.90 Å². The first-order valence-electron chi connectivity index (χ1n) is 9.24. The minimum absolute atomic E-state index is 0.00605. The predicted molar refractivity (Wildman–Crippen MR) is 112 cm³/mol. The number of hydrogen-bond acceptors (Lipinski definition) is 4. The number of carbonyl (C=O) groups excluding carboxylic acids is 2. The molecule has 3 aromatic carbocycles. The highest BCUT2D eigenvalue weighted by atomic mass is 35.5. The quantitative estimate of drug-likeness (QED) is 0.478. The molecule has 0 bridgehead atoms. The summed E-state index contributed by atoms with van der Waals surface area (Å²) in [4.78, 5) is 37.9. The van der Waals surface area contributed by atoms with Crippen LogP contribution >= 0.6 is 11.6 Å². The van der Waals surface area contributed by atoms with Crippen molar-refractivity contribution in [2.75, 3.05) is 11.9 Å². The van der Waals surface area contributed by atoms with Crippen LogP contribution in [0.5, 0.6) is 0 Å². The van der Waals surface area contributed by atoms with E-state index in [1.54, 1.807) is 30.3 Å². The van der Waals surface area contributed by atoms with Gasteiger partial charge in [0.1, 0.15) is 12.4 Å². The van der Waals surface area contributed by atoms with E-state index >= 15 is 0 Å². The Labute approximate surface area is 181 Å². The average molecular weight is 440 g/mol. The number of amides is 2. The minimum Gasteiger partial charge on any atom is -0.324 e. The minimum atomic E-state index is -0.825. The van der Waals surface area contributed by atoms with Crippen LogP contribution in [0.2, 0.25) is 5.02 Å². The summed E-state index contributed by atoms with van der Waals surface area (Å²) in [6.45, 7) is -0.353. The number of nitro benzene ring substituents is 1. The van der Waals surface area contributed by atoms with Crippen molar-refractivity contribution in [3.8, 4) is 0 Å². The molecule has 0 aromatic heterocycles. The van der Waals surface area contributed by atoms with Gasteiger partial charge in [0.15, 0.2) is 0 Å². The zero-order valence-electron chi connectivity index (χ0n) is 15.9. The highest BCUT2D eigenvalue weighted by Gasteiger charge is 2.35. The number of rotatable bonds is 3. The molecule has 3 aromatic rings. The zero-order chi connectivity index (χ0) is 22.1. The Balaban J connectivity index is 1.90. The maximum Gasteiger partial charge on any atom is 0.270 e. The lowest BCUT2D eigenvalue weighted by atomic mass is 9.95. The maximum absolute atomic E-state index is 14.2. The second-order valence-electron chi connectivity index (χ2n) is 6.95. The van der Waals surface area contributed by atoms with E-state index in [9.17, 15) is 24.1 Å². The predicted octanol–water partition coefficient (Wildman–Crippen LogP) is 4.57. The van der Waals surface area contributed by atoms with Gasteiger partial charge >= 0.3 is 0 Å². The molecule has 1 N–H and O–H groups in total. The number of benzene rings is 3. The van der Waals surface area contributed by atoms with Crippen LogP contribution in [0, 0.1) is 15.9 Å². The fourth-order valence-corrected chi connectivity index (χ4v) is 3.80. The first-order valence-corrected chi connectivity index (χ1v) is 9.62. The van der Waals surface area contributed by atoms with E-state index in [1.165, 1.54) is 35.2 Å². The maximum atomic E-state index is 14.2. The summed E-state index contributed by atoms with van der Waals surface area (Å²) in [5.74, 6) is -1.70. The zero-order valence-corrected chi connectivity index (χ0v) is 16.7. The van der Waals surface area contributed by atoms with Gasteiger partial charge in [0.05, 0.1) is 21.6 Å². The monoisotopic (exact) mass is 439 g/mol. The summed E-state index contributed by atoms with van der Waals surface area (Å²) in [6, 6.07) is 15.4. The number of fused-ring (bicyclic) bond motifs is 1. The lowest BCUT2D eigenvalue weighted by Crippen LogP contribution is -2.39. The van der Waals surface area contributed by atoms with Crippen molar-refractivity contribution < 1.29 is 18.9 Å². The standard InChI is InChI=1S/C22H15ClFN3O4/c23-18-8-7-15(27(30)31)11-16(18)22(29)26-12-20(28)25-19-9-6-14(24)10-17(19)21(26)13-4-2-1-3-5-13/h1-11,21H,12H2,(H,25,28)/t21-/m0/s1. The van der Waals surface area contributed by atoms with Crippen molar-refractivity contribution in [2.24, 2.45) is 0 Å². The molecule has 0 unspecified atom stereocenters. The molecule has 2 amide bonds. The van der Waals surface area contributed by atoms with Crippen LogP contribution in [0.3, 0.4) is 0 Å². The Morgan fingerprint density at radius 1 is 1.13 bits per heavy atom. The molecule has 1 atom stereocenters. The molecule has 0 saturated heterocycles. The second kappa shape index (κ2) is 8.16. The molecule has 9 heteroatoms. The van der Waals surface area contributed by atoms with E-state index in [1.807, 2.05) is 0 Å². The van der Waals surface area contributed by atoms with Crippen LogP contribution in [-0.2, 0) is 4.79 Å². The number of nitrogens with zero attached hydrogens (tertiary/aromatic N) is 2. The van der Waals surface area contributed by atoms with Gasteiger partial charge in [0.2, 0.25) is 5.91 Å². The molecule has 1 heterocycles. The van der Waals surface area contributed by atoms with Crippen LogP contribution in [-0.4, -0.2) is 28.2 Å². The van der Waals surface area contributed by atoms with Crippen LogP contribution in [0.4, 0.5) is 15.8 Å². The third kappa shape index (κ3) is 3.97. The third-order valence-electron chi connectivity index (χ3n) is 4.98. The van der Waals surface area contributed by atoms with Gasteiger partial charge < -0.3 is 10.2 Å². The SMILES string of the molecule is O=C1CN(C(=O)c2cc([N+](=O)[O-])ccc2Cl)[C@@H](c2ccccc2)c2cc(F)ccc2N1. The summed E-state index contributed by atoms with van der Waals surface area (Å²) in [6.07, 6.45) is 0. The van der Waals surface area contributed by atoms with E-state index < -0.39 is 28.6 Å². The highest BCUT2D eigenvalue weighted by Crippen LogP contribution is 2.37. The van der Waals surface area contributed by atoms with Gasteiger partial charge in [-0.25, -0.2) is 4.39 Å². The first-order chi connectivity index (χ1) is 14.8. The Hall–Kier alpha value is -3.78. The number of carbonyl (C=O) groups is 2. The summed E-state index contributed by atoms with van der Waals surface area (Å²) in [5.41, 5.74) is 0.965. The van der Waals surface area contributed by atoms with Gasteiger partial charge in [-0.2, -0.15) is 0 Å². The fourth-order valence-electron chi connectivity index (χ4n) is 3.61. The van der Waals surface area contributed by atoms with Crippen molar-refractivity contribution in [3.05, 3.63) is 104 Å². The molecule has 0 saturated carbocycles. The van der Waals surface area contributed by atoms with Gasteiger partial charge in [-0.1, -0.05) is 41.9 Å². The van der Waals surface area contributed by atoms with E-state index in [0.717, 1.165) is 6.07 Å². The molecular formula is C22H15ClFN3O4. The second-order valence-corrected chi connectivity index (χ2v) is 7.35. The van der Waals surface area contributed by atoms with E-state index in [4.69, 9.17) is 11.6 Å². The largest absolute Gasteiger partial charge is 0.324 e. The van der Waals surface area contributed by atoms with E-state index in [0.29, 0.717) is 16.8 Å². The number of halogens is 2. The van der Waals surface area contributed by atoms with Crippen LogP contribution in [0.15, 0.2) is 66.7 Å². The van der Waals surface area contributed by atoms with Gasteiger partial charge in [0, 0.05) is 23.4 Å². The number of anilines is 1. The first kappa shape index (κ1) is 20.5. The molecule has 0 fully saturated rings. The molecule has 31 heavy (non-hydrogen) atoms. The topological polar surface area (TPSA) is 92.5 Å². The summed E-state index contributed by atoms with van der Waals surface area (Å²) >= 11 is 6.18. The molecule has 0 radical (unpaired) electrons. The molecule has 4 rings (SSSR count). The van der Waals surface area contributed by atoms with Crippen molar-refractivity contribution in [1.29, 1.82) is 0 Å². The highest BCUT2D eigenvalue weighted by molar-refractivity contribution is 6.34. The van der Waals surface area contributed by atoms with Gasteiger partial charge in [-0.15, -0.1) is 0 Å². The average Bonchev–Trinajstić information content (AvgIpc) is 2.89. The molecule has 1 aliphatic rings. The van der Waals surface area contributed by atoms with Crippen LogP contribution < -0.4 is 5.32 Å². The fraction of sp³-hybridized carbons (Fsp3) is 0.0909. The molecule has 1 aliphatic heterocycles. The smallest absolute Gasteiger partial charge is 0.270 e. The lowest BCUT2D eigenvalue weighted by Gasteiger charge is -2.30. The number of hydrogen-bond donors (Lipinski definition) is 1. The summed E-state index contributed by atoms with van der Waals surface area (Å²) in [7, 11) is 0. The Morgan fingerprint density at radius 3 is 2.58 bits per heavy atom. The van der Waals surface area contributed by atoms with E-state index in [-0.39, 0.29) is 22.8 Å². The summed E-state index contributed by atoms with van der Waals surface area (Å²) < 4.78 is 14.2. The molecule has 7 nitrogen and oxygen atoms in total. The Kier molecular flexibility index (Phi) is 5.39. The number of nitro groups is 1. The van der Waals surface area contributed by atoms with Gasteiger partial charge in [-0.3, -0.25) is 19.7 Å². The molecule has 0 spiro atoms. The van der Waals surface area contributed by atoms with Crippen molar-refractivity contribution in [2.45, 2.75) is 6.04 Å². The molecular weight excluding hydrogens is 425 g/mol. The third-order valence-corrected chi connectivity index (χ3v) is 5.30. The van der Waals surface area contributed by atoms with Gasteiger partial charge in [-0.05, 0) is 29.8 Å². The normalized spacial score (nSPS) is 15.6. The molecule has 156 valence electrons. The number of nitrogens with one attached hydrogen (secondary N) is 1. The van der Waals surface area contributed by atoms with Crippen molar-refractivity contribution >= 4 is 34.8 Å². The molecule has 0 aliphatic carbocycles. The van der Waals surface area contributed by atoms with E-state index in [2.05, 4.69) is 5.32 Å². The lowest BCUT2D eigenvalue weighted by molar-refractivity contribution is -0.384. The van der Waals surface area contributed by atoms with Crippen molar-refractivity contribution in [3.63, 3.8) is 0 Å².